The van der Waals surface area contributed by atoms with E-state index in [2.05, 4.69) is 36.6 Å². The van der Waals surface area contributed by atoms with Crippen LogP contribution in [0.4, 0.5) is 0 Å². The molecule has 27 heavy (non-hydrogen) atoms. The number of fused-ring (bicyclic) bond motifs is 2. The number of piperidine rings is 1. The fraction of sp³-hybridized carbons (Fsp3) is 0.882. The summed E-state index contributed by atoms with van der Waals surface area (Å²) in [5, 5.41) is 24.6. The normalized spacial score (nSPS) is 43.1. The van der Waals surface area contributed by atoms with Crippen LogP contribution in [-0.2, 0) is 9.53 Å². The Morgan fingerprint density at radius 3 is 2.74 bits per heavy atom. The van der Waals surface area contributed by atoms with E-state index in [-0.39, 0.29) is 48.3 Å². The lowest BCUT2D eigenvalue weighted by Gasteiger charge is -2.50. The maximum Gasteiger partial charge on any atom is 0.180 e. The Balaban J connectivity index is 1.31. The summed E-state index contributed by atoms with van der Waals surface area (Å²) in [4.78, 5) is 13.3. The molecule has 1 aromatic rings. The van der Waals surface area contributed by atoms with Crippen molar-refractivity contribution in [3.63, 3.8) is 0 Å². The van der Waals surface area contributed by atoms with Crippen LogP contribution in [0.15, 0.2) is 0 Å². The number of carbonyl (C=O) groups excluding carboxylic acids is 1. The summed E-state index contributed by atoms with van der Waals surface area (Å²) in [5.41, 5.74) is 6.25. The molecule has 0 aromatic carbocycles. The summed E-state index contributed by atoms with van der Waals surface area (Å²) in [7, 11) is 0. The zero-order valence-corrected chi connectivity index (χ0v) is 15.3. The van der Waals surface area contributed by atoms with E-state index in [0.29, 0.717) is 24.7 Å². The Kier molecular flexibility index (Phi) is 4.68. The second-order valence-corrected chi connectivity index (χ2v) is 8.34. The molecule has 0 bridgehead atoms. The number of H-pyrrole nitrogens is 1. The van der Waals surface area contributed by atoms with E-state index in [1.807, 2.05) is 0 Å². The topological polar surface area (TPSA) is 143 Å². The molecule has 0 spiro atoms. The largest absolute Gasteiger partial charge is 0.356 e. The minimum Gasteiger partial charge on any atom is -0.356 e. The van der Waals surface area contributed by atoms with Gasteiger partial charge in [-0.25, -0.2) is 0 Å². The minimum atomic E-state index is -0.368. The third kappa shape index (κ3) is 3.19. The Hall–Kier alpha value is -1.46. The number of nitrogens with two attached hydrogens (primary N) is 1. The van der Waals surface area contributed by atoms with Gasteiger partial charge in [-0.3, -0.25) is 20.7 Å². The molecule has 5 rings (SSSR count). The predicted molar refractivity (Wildman–Crippen MR) is 95.1 cm³/mol. The quantitative estimate of drug-likeness (QED) is 0.436. The van der Waals surface area contributed by atoms with Crippen molar-refractivity contribution in [2.75, 3.05) is 6.54 Å². The van der Waals surface area contributed by atoms with Gasteiger partial charge in [-0.15, -0.1) is 10.2 Å². The summed E-state index contributed by atoms with van der Waals surface area (Å²) in [6, 6.07) is -0.263. The van der Waals surface area contributed by atoms with E-state index >= 15 is 0 Å². The van der Waals surface area contributed by atoms with Crippen LogP contribution in [0.5, 0.6) is 0 Å². The van der Waals surface area contributed by atoms with Crippen molar-refractivity contribution in [2.45, 2.75) is 75.1 Å². The summed E-state index contributed by atoms with van der Waals surface area (Å²) >= 11 is 0. The highest BCUT2D eigenvalue weighted by molar-refractivity contribution is 5.88. The average molecular weight is 376 g/mol. The standard InChI is InChI=1S/C17H28N8O2/c18-14-10(16-22-24-25-23-16)6-9-13(26)12-11(27-17(9)21-14)7-19-15(20-12)8-4-2-1-3-5-8/h8-12,14-15,17,19-21H,1-7,18H2,(H,22,23,24,25). The number of nitrogens with one attached hydrogen (secondary N) is 4. The fourth-order valence-electron chi connectivity index (χ4n) is 5.26. The number of hydrogen-bond acceptors (Lipinski definition) is 9. The Morgan fingerprint density at radius 2 is 1.96 bits per heavy atom. The monoisotopic (exact) mass is 376 g/mol. The van der Waals surface area contributed by atoms with Crippen LogP contribution in [0.2, 0.25) is 0 Å². The van der Waals surface area contributed by atoms with Gasteiger partial charge in [0.15, 0.2) is 11.6 Å². The molecule has 3 aliphatic heterocycles. The van der Waals surface area contributed by atoms with Gasteiger partial charge in [-0.2, -0.15) is 5.21 Å². The van der Waals surface area contributed by atoms with Crippen molar-refractivity contribution in [3.8, 4) is 0 Å². The number of ketones is 1. The second-order valence-electron chi connectivity index (χ2n) is 8.34. The van der Waals surface area contributed by atoms with Gasteiger partial charge in [-0.1, -0.05) is 24.5 Å². The molecule has 148 valence electrons. The smallest absolute Gasteiger partial charge is 0.180 e. The molecule has 4 heterocycles. The molecule has 1 aromatic heterocycles. The van der Waals surface area contributed by atoms with Gasteiger partial charge in [-0.05, 0) is 25.2 Å². The summed E-state index contributed by atoms with van der Waals surface area (Å²) < 4.78 is 6.24. The summed E-state index contributed by atoms with van der Waals surface area (Å²) in [6.07, 6.45) is 6.21. The number of nitrogens with zero attached hydrogens (tertiary/aromatic N) is 3. The van der Waals surface area contributed by atoms with Crippen LogP contribution in [0.3, 0.4) is 0 Å². The molecule has 0 amide bonds. The highest BCUT2D eigenvalue weighted by Gasteiger charge is 2.52. The zero-order chi connectivity index (χ0) is 18.4. The number of aromatic amines is 1. The molecule has 7 atom stereocenters. The SMILES string of the molecule is NC1NC2OC3CNC(C4CCCCC4)NC3C(=O)C2CC1c1nn[nH]n1. The van der Waals surface area contributed by atoms with E-state index in [9.17, 15) is 4.79 Å². The molecule has 4 aliphatic rings. The summed E-state index contributed by atoms with van der Waals surface area (Å²) in [5.74, 6) is 0.931. The van der Waals surface area contributed by atoms with E-state index in [0.717, 1.165) is 0 Å². The second kappa shape index (κ2) is 7.17. The van der Waals surface area contributed by atoms with E-state index in [1.54, 1.807) is 0 Å². The molecule has 7 unspecified atom stereocenters. The number of Topliss-reactive ketones (excluding diaryl/α,β-unsaturated/α-hetero) is 1. The number of aromatic nitrogens is 4. The van der Waals surface area contributed by atoms with Crippen molar-refractivity contribution >= 4 is 5.78 Å². The van der Waals surface area contributed by atoms with Crippen LogP contribution in [0, 0.1) is 11.8 Å². The van der Waals surface area contributed by atoms with Crippen molar-refractivity contribution in [1.29, 1.82) is 0 Å². The fourth-order valence-corrected chi connectivity index (χ4v) is 5.26. The van der Waals surface area contributed by atoms with Crippen molar-refractivity contribution in [1.82, 2.24) is 36.6 Å². The number of tetrazole rings is 1. The number of ether oxygens (including phenoxy) is 1. The van der Waals surface area contributed by atoms with Gasteiger partial charge in [0.05, 0.1) is 36.3 Å². The van der Waals surface area contributed by atoms with Crippen LogP contribution in [-0.4, -0.2) is 63.7 Å². The van der Waals surface area contributed by atoms with E-state index < -0.39 is 0 Å². The van der Waals surface area contributed by atoms with Gasteiger partial charge in [0.2, 0.25) is 0 Å². The highest BCUT2D eigenvalue weighted by atomic mass is 16.5. The molecule has 10 heteroatoms. The van der Waals surface area contributed by atoms with Crippen molar-refractivity contribution < 1.29 is 9.53 Å². The van der Waals surface area contributed by atoms with Crippen LogP contribution in [0.25, 0.3) is 0 Å². The lowest BCUT2D eigenvalue weighted by molar-refractivity contribution is -0.169. The van der Waals surface area contributed by atoms with E-state index in [4.69, 9.17) is 10.5 Å². The van der Waals surface area contributed by atoms with Gasteiger partial charge in [0, 0.05) is 6.54 Å². The molecule has 6 N–H and O–H groups in total. The minimum absolute atomic E-state index is 0.162. The first-order chi connectivity index (χ1) is 13.2. The molecular formula is C17H28N8O2. The van der Waals surface area contributed by atoms with Gasteiger partial charge in [0.25, 0.3) is 0 Å². The van der Waals surface area contributed by atoms with E-state index in [1.165, 1.54) is 32.1 Å². The highest BCUT2D eigenvalue weighted by Crippen LogP contribution is 2.36. The Labute approximate surface area is 157 Å². The zero-order valence-electron chi connectivity index (χ0n) is 15.3. The Morgan fingerprint density at radius 1 is 1.11 bits per heavy atom. The molecule has 10 nitrogen and oxygen atoms in total. The first-order valence-electron chi connectivity index (χ1n) is 10.1. The molecule has 0 radical (unpaired) electrons. The van der Waals surface area contributed by atoms with Crippen LogP contribution in [0.1, 0.15) is 50.3 Å². The molecule has 4 fully saturated rings. The van der Waals surface area contributed by atoms with Gasteiger partial charge < -0.3 is 10.5 Å². The lowest BCUT2D eigenvalue weighted by Crippen LogP contribution is -2.73. The number of rotatable bonds is 2. The van der Waals surface area contributed by atoms with Crippen LogP contribution < -0.4 is 21.7 Å². The first-order valence-corrected chi connectivity index (χ1v) is 10.1. The maximum absolute atomic E-state index is 13.3. The first kappa shape index (κ1) is 17.6. The van der Waals surface area contributed by atoms with Crippen molar-refractivity contribution in [3.05, 3.63) is 5.82 Å². The molecular weight excluding hydrogens is 348 g/mol. The third-order valence-corrected chi connectivity index (χ3v) is 6.74. The third-order valence-electron chi connectivity index (χ3n) is 6.74. The Bertz CT molecular complexity index is 664. The maximum atomic E-state index is 13.3. The lowest BCUT2D eigenvalue weighted by atomic mass is 9.77. The van der Waals surface area contributed by atoms with Gasteiger partial charge >= 0.3 is 0 Å². The predicted octanol–water partition coefficient (Wildman–Crippen LogP) is -1.06. The summed E-state index contributed by atoms with van der Waals surface area (Å²) in [6.45, 7) is 0.693. The molecule has 1 aliphatic carbocycles. The van der Waals surface area contributed by atoms with Crippen molar-refractivity contribution in [2.24, 2.45) is 17.6 Å². The molecule has 3 saturated heterocycles. The van der Waals surface area contributed by atoms with Crippen LogP contribution >= 0.6 is 0 Å². The molecule has 1 saturated carbocycles. The average Bonchev–Trinajstić information content (AvgIpc) is 3.23. The number of hydrogen-bond donors (Lipinski definition) is 5. The number of carbonyl (C=O) groups is 1. The van der Waals surface area contributed by atoms with Gasteiger partial charge in [0.1, 0.15) is 6.23 Å².